The normalized spacial score (nSPS) is 14.8. The molecule has 3 nitrogen and oxygen atoms in total. The number of halogens is 2. The first-order valence-corrected chi connectivity index (χ1v) is 4.11. The number of alkyl halides is 1. The van der Waals surface area contributed by atoms with Crippen molar-refractivity contribution in [3.05, 3.63) is 0 Å². The molecule has 0 aliphatic rings. The molecule has 0 aliphatic heterocycles. The third-order valence-electron chi connectivity index (χ3n) is 0.569. The van der Waals surface area contributed by atoms with Crippen molar-refractivity contribution < 1.29 is 14.3 Å². The molecule has 0 aromatic rings. The molecule has 6 heteroatoms. The highest BCUT2D eigenvalue weighted by molar-refractivity contribution is 7.41. The van der Waals surface area contributed by atoms with Gasteiger partial charge in [0.15, 0.2) is 0 Å². The van der Waals surface area contributed by atoms with Gasteiger partial charge in [0.25, 0.3) is 5.12 Å². The average Bonchev–Trinajstić information content (AvgIpc) is 1.63. The topological polar surface area (TPSA) is 54.4 Å². The third kappa shape index (κ3) is 4.79. The van der Waals surface area contributed by atoms with Crippen LogP contribution in [0.15, 0.2) is 0 Å². The molecule has 2 atom stereocenters. The van der Waals surface area contributed by atoms with E-state index in [1.165, 1.54) is 0 Å². The largest absolute Gasteiger partial charge is 0.525 e. The zero-order valence-corrected chi connectivity index (χ0v) is 6.66. The van der Waals surface area contributed by atoms with Crippen LogP contribution in [0.3, 0.4) is 0 Å². The van der Waals surface area contributed by atoms with Crippen LogP contribution in [0.5, 0.6) is 0 Å². The summed E-state index contributed by atoms with van der Waals surface area (Å²) >= 11 is 10.0. The van der Waals surface area contributed by atoms with Crippen LogP contribution in [0.25, 0.3) is 0 Å². The van der Waals surface area contributed by atoms with Crippen LogP contribution in [0, 0.1) is 0 Å². The van der Waals surface area contributed by atoms with Crippen LogP contribution in [0.2, 0.25) is 0 Å². The lowest BCUT2D eigenvalue weighted by Crippen LogP contribution is -1.96. The van der Waals surface area contributed by atoms with Gasteiger partial charge in [0.1, 0.15) is 0 Å². The van der Waals surface area contributed by atoms with Crippen molar-refractivity contribution in [1.82, 2.24) is 0 Å². The number of hydrogen-bond acceptors (Lipinski definition) is 2. The molecule has 0 fully saturated rings. The van der Waals surface area contributed by atoms with Gasteiger partial charge in [-0.05, 0) is 16.2 Å². The van der Waals surface area contributed by atoms with Gasteiger partial charge in [0.2, 0.25) is 5.24 Å². The molecule has 2 unspecified atom stereocenters. The van der Waals surface area contributed by atoms with E-state index in [9.17, 15) is 9.36 Å². The van der Waals surface area contributed by atoms with E-state index in [1.807, 2.05) is 0 Å². The van der Waals surface area contributed by atoms with E-state index in [0.29, 0.717) is 0 Å². The highest BCUT2D eigenvalue weighted by Crippen LogP contribution is 2.28. The summed E-state index contributed by atoms with van der Waals surface area (Å²) in [5.41, 5.74) is 0. The fourth-order valence-electron chi connectivity index (χ4n) is 0.211. The number of rotatable bonds is 3. The first-order chi connectivity index (χ1) is 4.04. The second-order valence-electron chi connectivity index (χ2n) is 1.30. The summed E-state index contributed by atoms with van der Waals surface area (Å²) in [5, 5.41) is -1.75. The van der Waals surface area contributed by atoms with Crippen molar-refractivity contribution in [1.29, 1.82) is 0 Å². The number of hydrogen-bond donors (Lipinski definition) is 1. The van der Waals surface area contributed by atoms with Crippen LogP contribution in [-0.4, -0.2) is 15.3 Å². The number of carbonyl (C=O) groups excluding carboxylic acids is 1. The summed E-state index contributed by atoms with van der Waals surface area (Å²) in [7, 11) is -2.48. The van der Waals surface area contributed by atoms with Gasteiger partial charge in [-0.1, -0.05) is 11.6 Å². The molecular formula is C3H4Cl2O3P+. The van der Waals surface area contributed by atoms with E-state index < -0.39 is 18.4 Å². The Morgan fingerprint density at radius 1 is 1.78 bits per heavy atom. The van der Waals surface area contributed by atoms with Gasteiger partial charge in [0.05, 0.1) is 6.42 Å². The van der Waals surface area contributed by atoms with Gasteiger partial charge in [-0.15, -0.1) is 0 Å². The van der Waals surface area contributed by atoms with E-state index in [0.717, 1.165) is 0 Å². The maximum absolute atomic E-state index is 10.0. The van der Waals surface area contributed by atoms with Gasteiger partial charge in [0, 0.05) is 0 Å². The summed E-state index contributed by atoms with van der Waals surface area (Å²) in [6.45, 7) is 0. The molecule has 0 bridgehead atoms. The van der Waals surface area contributed by atoms with Crippen LogP contribution >= 0.6 is 31.2 Å². The highest BCUT2D eigenvalue weighted by Gasteiger charge is 2.27. The van der Waals surface area contributed by atoms with Crippen LogP contribution in [0.1, 0.15) is 6.42 Å². The van der Waals surface area contributed by atoms with Crippen molar-refractivity contribution in [2.45, 2.75) is 11.5 Å². The Morgan fingerprint density at radius 2 is 2.22 bits per heavy atom. The van der Waals surface area contributed by atoms with Crippen LogP contribution in [-0.2, 0) is 9.36 Å². The predicted molar refractivity (Wildman–Crippen MR) is 34.9 cm³/mol. The molecule has 0 aliphatic carbocycles. The molecule has 0 saturated heterocycles. The molecule has 0 aromatic heterocycles. The summed E-state index contributed by atoms with van der Waals surface area (Å²) < 4.78 is 10.0. The Bertz CT molecular complexity index is 137. The lowest BCUT2D eigenvalue weighted by molar-refractivity contribution is -0.111. The first kappa shape index (κ1) is 9.31. The average molecular weight is 190 g/mol. The SMILES string of the molecule is O=C(Cl)CC(Cl)[P+](=O)O. The van der Waals surface area contributed by atoms with E-state index in [-0.39, 0.29) is 6.42 Å². The molecule has 0 aromatic carbocycles. The van der Waals surface area contributed by atoms with Gasteiger partial charge in [-0.2, -0.15) is 4.89 Å². The molecular weight excluding hydrogens is 186 g/mol. The quantitative estimate of drug-likeness (QED) is 0.416. The molecule has 0 spiro atoms. The molecule has 0 saturated carbocycles. The summed E-state index contributed by atoms with van der Waals surface area (Å²) in [4.78, 5) is 18.2. The molecule has 9 heavy (non-hydrogen) atoms. The lowest BCUT2D eigenvalue weighted by Gasteiger charge is -1.85. The minimum atomic E-state index is -2.48. The van der Waals surface area contributed by atoms with Crippen molar-refractivity contribution >= 4 is 36.5 Å². The zero-order chi connectivity index (χ0) is 7.44. The van der Waals surface area contributed by atoms with Crippen LogP contribution in [0.4, 0.5) is 0 Å². The minimum Gasteiger partial charge on any atom is -0.281 e. The van der Waals surface area contributed by atoms with Crippen LogP contribution < -0.4 is 0 Å². The fraction of sp³-hybridized carbons (Fsp3) is 0.667. The Morgan fingerprint density at radius 3 is 2.33 bits per heavy atom. The molecule has 0 radical (unpaired) electrons. The van der Waals surface area contributed by atoms with Gasteiger partial charge in [-0.3, -0.25) is 4.79 Å². The molecule has 0 heterocycles. The summed E-state index contributed by atoms with van der Waals surface area (Å²) in [6.07, 6.45) is -0.269. The van der Waals surface area contributed by atoms with E-state index in [2.05, 4.69) is 0 Å². The van der Waals surface area contributed by atoms with Crippen molar-refractivity contribution in [2.75, 3.05) is 0 Å². The van der Waals surface area contributed by atoms with Crippen molar-refractivity contribution in [2.24, 2.45) is 0 Å². The second-order valence-corrected chi connectivity index (χ2v) is 3.78. The number of carbonyl (C=O) groups is 1. The van der Waals surface area contributed by atoms with E-state index in [1.54, 1.807) is 0 Å². The molecule has 0 rings (SSSR count). The fourth-order valence-corrected chi connectivity index (χ4v) is 1.01. The maximum Gasteiger partial charge on any atom is 0.525 e. The Balaban J connectivity index is 3.63. The predicted octanol–water partition coefficient (Wildman–Crippen LogP) is 1.44. The van der Waals surface area contributed by atoms with Gasteiger partial charge < -0.3 is 0 Å². The lowest BCUT2D eigenvalue weighted by atomic mass is 10.5. The standard InChI is InChI=1S/C3H3Cl2O3P/c4-2(6)1-3(5)9(7)8/h3H,1H2/p+1. The first-order valence-electron chi connectivity index (χ1n) is 2.01. The minimum absolute atomic E-state index is 0.269. The Kier molecular flexibility index (Phi) is 4.32. The van der Waals surface area contributed by atoms with E-state index in [4.69, 9.17) is 28.1 Å². The summed E-state index contributed by atoms with van der Waals surface area (Å²) in [6, 6.07) is 0. The molecule has 0 amide bonds. The Labute approximate surface area is 62.8 Å². The highest BCUT2D eigenvalue weighted by atomic mass is 35.5. The van der Waals surface area contributed by atoms with Gasteiger partial charge in [-0.25, -0.2) is 0 Å². The second kappa shape index (κ2) is 4.18. The zero-order valence-electron chi connectivity index (χ0n) is 4.25. The Hall–Kier alpha value is 0.310. The monoisotopic (exact) mass is 189 g/mol. The molecule has 1 N–H and O–H groups in total. The van der Waals surface area contributed by atoms with E-state index >= 15 is 0 Å². The summed E-state index contributed by atoms with van der Waals surface area (Å²) in [5.74, 6) is 0. The third-order valence-corrected chi connectivity index (χ3v) is 2.04. The smallest absolute Gasteiger partial charge is 0.281 e. The molecule has 52 valence electrons. The van der Waals surface area contributed by atoms with Crippen molar-refractivity contribution in [3.63, 3.8) is 0 Å². The van der Waals surface area contributed by atoms with Crippen molar-refractivity contribution in [3.8, 4) is 0 Å². The maximum atomic E-state index is 10.0. The van der Waals surface area contributed by atoms with Gasteiger partial charge >= 0.3 is 8.03 Å².